The van der Waals surface area contributed by atoms with Crippen molar-refractivity contribution in [1.82, 2.24) is 5.32 Å². The maximum atomic E-state index is 11.6. The van der Waals surface area contributed by atoms with Crippen LogP contribution in [0, 0.1) is 5.92 Å². The number of nitrogens with one attached hydrogen (secondary N) is 1. The summed E-state index contributed by atoms with van der Waals surface area (Å²) in [6.07, 6.45) is 2.78. The Kier molecular flexibility index (Phi) is 5.21. The Bertz CT molecular complexity index is 258. The van der Waals surface area contributed by atoms with E-state index in [2.05, 4.69) is 5.32 Å². The Balaban J connectivity index is 2.08. The third-order valence-electron chi connectivity index (χ3n) is 2.70. The largest absolute Gasteiger partial charge is 0.370 e. The fourth-order valence-electron chi connectivity index (χ4n) is 1.86. The van der Waals surface area contributed by atoms with E-state index in [1.54, 1.807) is 0 Å². The quantitative estimate of drug-likeness (QED) is 0.494. The summed E-state index contributed by atoms with van der Waals surface area (Å²) in [6, 6.07) is -0.0217. The van der Waals surface area contributed by atoms with E-state index in [-0.39, 0.29) is 31.1 Å². The van der Waals surface area contributed by atoms with E-state index in [0.717, 1.165) is 19.3 Å². The van der Waals surface area contributed by atoms with Crippen molar-refractivity contribution in [2.45, 2.75) is 25.3 Å². The summed E-state index contributed by atoms with van der Waals surface area (Å²) in [7, 11) is 0. The molecule has 1 rings (SSSR count). The molecule has 0 radical (unpaired) electrons. The van der Waals surface area contributed by atoms with Gasteiger partial charge >= 0.3 is 0 Å². The molecule has 6 heteroatoms. The topological polar surface area (TPSA) is 107 Å². The van der Waals surface area contributed by atoms with Crippen molar-refractivity contribution in [2.75, 3.05) is 19.8 Å². The maximum Gasteiger partial charge on any atom is 0.243 e. The summed E-state index contributed by atoms with van der Waals surface area (Å²) in [5.74, 6) is -0.604. The highest BCUT2D eigenvalue weighted by Gasteiger charge is 2.29. The molecule has 16 heavy (non-hydrogen) atoms. The predicted octanol–water partition coefficient (Wildman–Crippen LogP) is -1.27. The first-order valence-electron chi connectivity index (χ1n) is 5.50. The first-order valence-corrected chi connectivity index (χ1v) is 5.50. The number of primary amides is 1. The monoisotopic (exact) mass is 229 g/mol. The van der Waals surface area contributed by atoms with E-state index in [4.69, 9.17) is 16.2 Å². The van der Waals surface area contributed by atoms with Crippen LogP contribution in [0.4, 0.5) is 0 Å². The van der Waals surface area contributed by atoms with Crippen molar-refractivity contribution in [1.29, 1.82) is 0 Å². The van der Waals surface area contributed by atoms with Crippen molar-refractivity contribution in [3.8, 4) is 0 Å². The number of carbonyl (C=O) groups excluding carboxylic acids is 2. The van der Waals surface area contributed by atoms with Crippen LogP contribution in [0.3, 0.4) is 0 Å². The summed E-state index contributed by atoms with van der Waals surface area (Å²) in [5, 5.41) is 2.73. The first-order chi connectivity index (χ1) is 7.61. The number of amides is 2. The Morgan fingerprint density at radius 1 is 1.38 bits per heavy atom. The minimum Gasteiger partial charge on any atom is -0.370 e. The van der Waals surface area contributed by atoms with Gasteiger partial charge in [-0.25, -0.2) is 0 Å². The third-order valence-corrected chi connectivity index (χ3v) is 2.70. The predicted molar refractivity (Wildman–Crippen MR) is 58.3 cm³/mol. The van der Waals surface area contributed by atoms with Crippen LogP contribution < -0.4 is 16.8 Å². The van der Waals surface area contributed by atoms with Gasteiger partial charge in [-0.2, -0.15) is 0 Å². The van der Waals surface area contributed by atoms with Crippen LogP contribution in [-0.2, 0) is 14.3 Å². The van der Waals surface area contributed by atoms with Gasteiger partial charge in [0.1, 0.15) is 6.61 Å². The van der Waals surface area contributed by atoms with Gasteiger partial charge in [-0.1, -0.05) is 6.42 Å². The lowest BCUT2D eigenvalue weighted by Gasteiger charge is -2.14. The summed E-state index contributed by atoms with van der Waals surface area (Å²) < 4.78 is 4.91. The molecule has 0 bridgehead atoms. The zero-order chi connectivity index (χ0) is 12.0. The summed E-state index contributed by atoms with van der Waals surface area (Å²) in [5.41, 5.74) is 10.7. The SMILES string of the molecule is NC(=O)COCCNC(=O)C1CCCC1N. The van der Waals surface area contributed by atoms with E-state index >= 15 is 0 Å². The normalized spacial score (nSPS) is 24.3. The van der Waals surface area contributed by atoms with Crippen molar-refractivity contribution in [2.24, 2.45) is 17.4 Å². The van der Waals surface area contributed by atoms with Crippen LogP contribution >= 0.6 is 0 Å². The molecule has 0 aromatic carbocycles. The zero-order valence-electron chi connectivity index (χ0n) is 9.28. The van der Waals surface area contributed by atoms with Crippen molar-refractivity contribution < 1.29 is 14.3 Å². The van der Waals surface area contributed by atoms with E-state index < -0.39 is 5.91 Å². The van der Waals surface area contributed by atoms with Crippen molar-refractivity contribution in [3.63, 3.8) is 0 Å². The molecule has 0 spiro atoms. The van der Waals surface area contributed by atoms with Crippen molar-refractivity contribution in [3.05, 3.63) is 0 Å². The van der Waals surface area contributed by atoms with E-state index in [1.807, 2.05) is 0 Å². The molecule has 92 valence electrons. The molecular formula is C10H19N3O3. The molecule has 2 atom stereocenters. The Morgan fingerprint density at radius 2 is 2.12 bits per heavy atom. The third kappa shape index (κ3) is 4.16. The Hall–Kier alpha value is -1.14. The van der Waals surface area contributed by atoms with E-state index in [0.29, 0.717) is 6.54 Å². The van der Waals surface area contributed by atoms with Crippen LogP contribution in [0.25, 0.3) is 0 Å². The lowest BCUT2D eigenvalue weighted by molar-refractivity contribution is -0.125. The molecular weight excluding hydrogens is 210 g/mol. The van der Waals surface area contributed by atoms with Crippen LogP contribution in [0.5, 0.6) is 0 Å². The number of carbonyl (C=O) groups is 2. The standard InChI is InChI=1S/C10H19N3O3/c11-8-3-1-2-7(8)10(15)13-4-5-16-6-9(12)14/h7-8H,1-6,11H2,(H2,12,14)(H,13,15). The molecule has 2 amide bonds. The molecule has 6 nitrogen and oxygen atoms in total. The lowest BCUT2D eigenvalue weighted by atomic mass is 10.0. The number of nitrogens with two attached hydrogens (primary N) is 2. The van der Waals surface area contributed by atoms with Crippen LogP contribution in [0.15, 0.2) is 0 Å². The summed E-state index contributed by atoms with van der Waals surface area (Å²) >= 11 is 0. The molecule has 1 fully saturated rings. The van der Waals surface area contributed by atoms with Crippen LogP contribution in [0.1, 0.15) is 19.3 Å². The van der Waals surface area contributed by atoms with Crippen LogP contribution in [0.2, 0.25) is 0 Å². The molecule has 1 aliphatic rings. The van der Waals surface area contributed by atoms with Gasteiger partial charge in [-0.05, 0) is 12.8 Å². The number of rotatable bonds is 6. The second kappa shape index (κ2) is 6.44. The van der Waals surface area contributed by atoms with Gasteiger partial charge in [0.25, 0.3) is 0 Å². The molecule has 2 unspecified atom stereocenters. The minimum absolute atomic E-state index is 0.0207. The maximum absolute atomic E-state index is 11.6. The number of hydrogen-bond donors (Lipinski definition) is 3. The van der Waals surface area contributed by atoms with Gasteiger partial charge in [0.15, 0.2) is 0 Å². The second-order valence-corrected chi connectivity index (χ2v) is 4.01. The average molecular weight is 229 g/mol. The molecule has 1 aliphatic carbocycles. The van der Waals surface area contributed by atoms with Crippen molar-refractivity contribution >= 4 is 11.8 Å². The fraction of sp³-hybridized carbons (Fsp3) is 0.800. The highest BCUT2D eigenvalue weighted by atomic mass is 16.5. The zero-order valence-corrected chi connectivity index (χ0v) is 9.28. The molecule has 1 saturated carbocycles. The molecule has 0 aromatic heterocycles. The Labute approximate surface area is 94.7 Å². The second-order valence-electron chi connectivity index (χ2n) is 4.01. The van der Waals surface area contributed by atoms with E-state index in [1.165, 1.54) is 0 Å². The number of hydrogen-bond acceptors (Lipinski definition) is 4. The molecule has 0 saturated heterocycles. The minimum atomic E-state index is -0.510. The van der Waals surface area contributed by atoms with Gasteiger partial charge < -0.3 is 21.5 Å². The van der Waals surface area contributed by atoms with Gasteiger partial charge in [0, 0.05) is 12.6 Å². The smallest absolute Gasteiger partial charge is 0.243 e. The van der Waals surface area contributed by atoms with Crippen LogP contribution in [-0.4, -0.2) is 37.6 Å². The lowest BCUT2D eigenvalue weighted by Crippen LogP contribution is -2.40. The van der Waals surface area contributed by atoms with E-state index in [9.17, 15) is 9.59 Å². The first kappa shape index (κ1) is 12.9. The summed E-state index contributed by atoms with van der Waals surface area (Å²) in [6.45, 7) is 0.560. The molecule has 0 aromatic rings. The van der Waals surface area contributed by atoms with Gasteiger partial charge in [-0.3, -0.25) is 9.59 Å². The fourth-order valence-corrected chi connectivity index (χ4v) is 1.86. The van der Waals surface area contributed by atoms with Gasteiger partial charge in [0.05, 0.1) is 12.5 Å². The molecule has 0 aliphatic heterocycles. The highest BCUT2D eigenvalue weighted by Crippen LogP contribution is 2.23. The average Bonchev–Trinajstić information content (AvgIpc) is 2.63. The summed E-state index contributed by atoms with van der Waals surface area (Å²) in [4.78, 5) is 22.0. The molecule has 5 N–H and O–H groups in total. The van der Waals surface area contributed by atoms with Gasteiger partial charge in [-0.15, -0.1) is 0 Å². The molecule has 0 heterocycles. The Morgan fingerprint density at radius 3 is 2.69 bits per heavy atom. The van der Waals surface area contributed by atoms with Gasteiger partial charge in [0.2, 0.25) is 11.8 Å². The number of ether oxygens (including phenoxy) is 1. The highest BCUT2D eigenvalue weighted by molar-refractivity contribution is 5.79.